The topological polar surface area (TPSA) is 56.5 Å². The van der Waals surface area contributed by atoms with Crippen LogP contribution >= 0.6 is 59.4 Å². The molecule has 0 aliphatic heterocycles. The Morgan fingerprint density at radius 1 is 1.09 bits per heavy atom. The third-order valence-corrected chi connectivity index (χ3v) is 7.58. The normalized spacial score (nSPS) is 12.4. The summed E-state index contributed by atoms with van der Waals surface area (Å²) in [5.41, 5.74) is 2.18. The van der Waals surface area contributed by atoms with Crippen LogP contribution in [0.25, 0.3) is 10.9 Å². The highest BCUT2D eigenvalue weighted by Gasteiger charge is 2.15. The van der Waals surface area contributed by atoms with Crippen molar-refractivity contribution in [2.45, 2.75) is 32.8 Å². The molecule has 0 saturated carbocycles. The van der Waals surface area contributed by atoms with Crippen molar-refractivity contribution in [1.82, 2.24) is 9.66 Å². The van der Waals surface area contributed by atoms with Crippen molar-refractivity contribution >= 4 is 76.5 Å². The standard InChI is InChI=1S/C26H21Br3ClN3O2/c1-3-15(2)25-32-23-8-7-18(27)11-20(23)26(34)33(25)31-13-16-4-9-24(22(30)10-16)35-14-17-5-6-19(28)12-21(17)29/h4-13,15H,3,14H2,1-2H3/t15-/m1/s1. The van der Waals surface area contributed by atoms with E-state index in [-0.39, 0.29) is 11.5 Å². The first-order valence-electron chi connectivity index (χ1n) is 10.9. The molecule has 0 aliphatic rings. The highest BCUT2D eigenvalue weighted by molar-refractivity contribution is 9.11. The summed E-state index contributed by atoms with van der Waals surface area (Å²) >= 11 is 16.9. The number of rotatable bonds is 7. The number of halogens is 4. The molecule has 9 heteroatoms. The minimum atomic E-state index is -0.214. The van der Waals surface area contributed by atoms with Crippen LogP contribution in [0.3, 0.4) is 0 Å². The van der Waals surface area contributed by atoms with Gasteiger partial charge in [0, 0.05) is 24.9 Å². The van der Waals surface area contributed by atoms with Gasteiger partial charge < -0.3 is 4.74 Å². The van der Waals surface area contributed by atoms with Crippen molar-refractivity contribution in [3.05, 3.63) is 100 Å². The maximum atomic E-state index is 13.3. The molecule has 0 spiro atoms. The van der Waals surface area contributed by atoms with Crippen LogP contribution in [0.4, 0.5) is 0 Å². The molecule has 5 nitrogen and oxygen atoms in total. The zero-order valence-corrected chi connectivity index (χ0v) is 24.4. The lowest BCUT2D eigenvalue weighted by molar-refractivity contribution is 0.305. The maximum Gasteiger partial charge on any atom is 0.282 e. The first kappa shape index (κ1) is 26.1. The summed E-state index contributed by atoms with van der Waals surface area (Å²) in [5, 5.41) is 5.46. The van der Waals surface area contributed by atoms with Crippen molar-refractivity contribution in [3.63, 3.8) is 0 Å². The second-order valence-corrected chi connectivity index (χ2v) is 11.1. The second kappa shape index (κ2) is 11.4. The lowest BCUT2D eigenvalue weighted by atomic mass is 10.1. The van der Waals surface area contributed by atoms with Crippen LogP contribution in [0.1, 0.15) is 43.1 Å². The van der Waals surface area contributed by atoms with Crippen molar-refractivity contribution < 1.29 is 4.74 Å². The van der Waals surface area contributed by atoms with Gasteiger partial charge in [0.15, 0.2) is 0 Å². The van der Waals surface area contributed by atoms with Gasteiger partial charge in [-0.05, 0) is 60.5 Å². The fourth-order valence-corrected chi connectivity index (χ4v) is 5.18. The van der Waals surface area contributed by atoms with Gasteiger partial charge in [0.1, 0.15) is 18.2 Å². The summed E-state index contributed by atoms with van der Waals surface area (Å²) in [7, 11) is 0. The molecule has 35 heavy (non-hydrogen) atoms. The number of fused-ring (bicyclic) bond motifs is 1. The zero-order valence-electron chi connectivity index (χ0n) is 18.9. The van der Waals surface area contributed by atoms with E-state index in [1.807, 2.05) is 43.3 Å². The van der Waals surface area contributed by atoms with Crippen LogP contribution in [0.2, 0.25) is 5.02 Å². The Bertz CT molecular complexity index is 1490. The fourth-order valence-electron chi connectivity index (χ4n) is 3.41. The van der Waals surface area contributed by atoms with Gasteiger partial charge in [-0.25, -0.2) is 4.98 Å². The summed E-state index contributed by atoms with van der Waals surface area (Å²) in [5.74, 6) is 1.24. The quantitative estimate of drug-likeness (QED) is 0.184. The molecule has 0 unspecified atom stereocenters. The maximum absolute atomic E-state index is 13.3. The molecule has 1 aromatic heterocycles. The Kier molecular flexibility index (Phi) is 8.47. The van der Waals surface area contributed by atoms with Crippen LogP contribution in [0.15, 0.2) is 77.9 Å². The van der Waals surface area contributed by atoms with E-state index in [1.165, 1.54) is 4.68 Å². The smallest absolute Gasteiger partial charge is 0.282 e. The molecule has 0 amide bonds. The Morgan fingerprint density at radius 2 is 1.83 bits per heavy atom. The predicted molar refractivity (Wildman–Crippen MR) is 153 cm³/mol. The summed E-state index contributed by atoms with van der Waals surface area (Å²) in [6.45, 7) is 4.46. The SMILES string of the molecule is CC[C@@H](C)c1nc2ccc(Br)cc2c(=O)n1N=Cc1ccc(OCc2ccc(Br)cc2Br)c(Cl)c1. The van der Waals surface area contributed by atoms with Gasteiger partial charge in [0.05, 0.1) is 22.1 Å². The van der Waals surface area contributed by atoms with Crippen molar-refractivity contribution in [2.75, 3.05) is 0 Å². The first-order valence-corrected chi connectivity index (χ1v) is 13.7. The van der Waals surface area contributed by atoms with E-state index in [0.29, 0.717) is 34.1 Å². The van der Waals surface area contributed by atoms with Gasteiger partial charge in [0.2, 0.25) is 0 Å². The third kappa shape index (κ3) is 6.05. The number of benzene rings is 3. The van der Waals surface area contributed by atoms with Gasteiger partial charge in [-0.1, -0.05) is 79.3 Å². The van der Waals surface area contributed by atoms with Gasteiger partial charge in [-0.15, -0.1) is 0 Å². The third-order valence-electron chi connectivity index (χ3n) is 5.56. The average molecular weight is 683 g/mol. The molecule has 0 fully saturated rings. The van der Waals surface area contributed by atoms with E-state index in [4.69, 9.17) is 21.3 Å². The van der Waals surface area contributed by atoms with Crippen LogP contribution < -0.4 is 10.3 Å². The van der Waals surface area contributed by atoms with Crippen molar-refractivity contribution in [3.8, 4) is 5.75 Å². The Hall–Kier alpha value is -2.00. The number of ether oxygens (including phenoxy) is 1. The molecular formula is C26H21Br3ClN3O2. The number of hydrogen-bond donors (Lipinski definition) is 0. The average Bonchev–Trinajstić information content (AvgIpc) is 2.83. The van der Waals surface area contributed by atoms with Crippen molar-refractivity contribution in [2.24, 2.45) is 5.10 Å². The Balaban J connectivity index is 1.62. The summed E-state index contributed by atoms with van der Waals surface area (Å²) in [6, 6.07) is 16.8. The number of aromatic nitrogens is 2. The molecule has 1 atom stereocenters. The minimum absolute atomic E-state index is 0.0604. The van der Waals surface area contributed by atoms with Gasteiger partial charge in [-0.3, -0.25) is 4.79 Å². The Morgan fingerprint density at radius 3 is 2.54 bits per heavy atom. The number of nitrogens with zero attached hydrogens (tertiary/aromatic N) is 3. The molecule has 4 rings (SSSR count). The van der Waals surface area contributed by atoms with Gasteiger partial charge >= 0.3 is 0 Å². The molecule has 4 aromatic rings. The molecule has 180 valence electrons. The summed E-state index contributed by atoms with van der Waals surface area (Å²) in [6.07, 6.45) is 2.44. The molecule has 0 radical (unpaired) electrons. The lowest BCUT2D eigenvalue weighted by Gasteiger charge is -2.14. The largest absolute Gasteiger partial charge is 0.487 e. The number of hydrogen-bond acceptors (Lipinski definition) is 4. The molecule has 1 heterocycles. The van der Waals surface area contributed by atoms with E-state index < -0.39 is 0 Å². The van der Waals surface area contributed by atoms with Crippen LogP contribution in [0, 0.1) is 0 Å². The molecule has 0 saturated heterocycles. The highest BCUT2D eigenvalue weighted by atomic mass is 79.9. The first-order chi connectivity index (χ1) is 16.8. The molecule has 3 aromatic carbocycles. The molecule has 0 aliphatic carbocycles. The molecule has 0 N–H and O–H groups in total. The summed E-state index contributed by atoms with van der Waals surface area (Å²) in [4.78, 5) is 18.0. The lowest BCUT2D eigenvalue weighted by Crippen LogP contribution is -2.23. The van der Waals surface area contributed by atoms with Crippen LogP contribution in [-0.2, 0) is 6.61 Å². The second-order valence-electron chi connectivity index (χ2n) is 8.02. The highest BCUT2D eigenvalue weighted by Crippen LogP contribution is 2.28. The van der Waals surface area contributed by atoms with E-state index in [0.717, 1.165) is 31.0 Å². The van der Waals surface area contributed by atoms with E-state index in [1.54, 1.807) is 24.4 Å². The van der Waals surface area contributed by atoms with Gasteiger partial charge in [-0.2, -0.15) is 9.78 Å². The Labute approximate surface area is 233 Å². The van der Waals surface area contributed by atoms with Crippen molar-refractivity contribution in [1.29, 1.82) is 0 Å². The summed E-state index contributed by atoms with van der Waals surface area (Å²) < 4.78 is 10.0. The molecule has 0 bridgehead atoms. The minimum Gasteiger partial charge on any atom is -0.487 e. The fraction of sp³-hybridized carbons (Fsp3) is 0.192. The van der Waals surface area contributed by atoms with E-state index >= 15 is 0 Å². The van der Waals surface area contributed by atoms with Crippen LogP contribution in [0.5, 0.6) is 5.75 Å². The zero-order chi connectivity index (χ0) is 25.1. The van der Waals surface area contributed by atoms with Crippen LogP contribution in [-0.4, -0.2) is 15.9 Å². The monoisotopic (exact) mass is 679 g/mol. The molecular weight excluding hydrogens is 661 g/mol. The van der Waals surface area contributed by atoms with E-state index in [9.17, 15) is 4.79 Å². The predicted octanol–water partition coefficient (Wildman–Crippen LogP) is 8.31. The van der Waals surface area contributed by atoms with Gasteiger partial charge in [0.25, 0.3) is 5.56 Å². The van der Waals surface area contributed by atoms with E-state index in [2.05, 4.69) is 59.8 Å².